The fourth-order valence-electron chi connectivity index (χ4n) is 2.43. The largest absolute Gasteiger partial charge is 0.466 e. The first-order valence-corrected chi connectivity index (χ1v) is 4.84. The third-order valence-electron chi connectivity index (χ3n) is 3.08. The van der Waals surface area contributed by atoms with Gasteiger partial charge in [0.2, 0.25) is 0 Å². The molecule has 0 spiro atoms. The lowest BCUT2D eigenvalue weighted by Gasteiger charge is -2.22. The van der Waals surface area contributed by atoms with Gasteiger partial charge < -0.3 is 10.5 Å². The Morgan fingerprint density at radius 3 is 2.77 bits per heavy atom. The molecule has 0 aromatic carbocycles. The maximum Gasteiger partial charge on any atom is 0.311 e. The number of carbonyl (C=O) groups excluding carboxylic acids is 1. The highest BCUT2D eigenvalue weighted by molar-refractivity contribution is 5.75. The summed E-state index contributed by atoms with van der Waals surface area (Å²) in [5, 5.41) is 0. The van der Waals surface area contributed by atoms with Crippen LogP contribution in [0.4, 0.5) is 0 Å². The number of fused-ring (bicyclic) bond motifs is 2. The molecule has 3 heteroatoms. The topological polar surface area (TPSA) is 52.3 Å². The molecule has 4 atom stereocenters. The molecule has 2 N–H and O–H groups in total. The van der Waals surface area contributed by atoms with Crippen LogP contribution in [0, 0.1) is 17.8 Å². The molecule has 3 nitrogen and oxygen atoms in total. The van der Waals surface area contributed by atoms with Gasteiger partial charge in [-0.3, -0.25) is 4.79 Å². The maximum atomic E-state index is 11.5. The lowest BCUT2D eigenvalue weighted by atomic mass is 9.90. The summed E-state index contributed by atoms with van der Waals surface area (Å²) in [7, 11) is 0. The van der Waals surface area contributed by atoms with Crippen LogP contribution in [0.5, 0.6) is 0 Å². The molecule has 0 amide bonds. The molecule has 0 radical (unpaired) electrons. The van der Waals surface area contributed by atoms with Gasteiger partial charge in [-0.05, 0) is 25.2 Å². The number of ether oxygens (including phenoxy) is 1. The summed E-state index contributed by atoms with van der Waals surface area (Å²) in [6, 6.07) is -0.0194. The van der Waals surface area contributed by atoms with Gasteiger partial charge in [-0.15, -0.1) is 0 Å². The zero-order chi connectivity index (χ0) is 9.42. The van der Waals surface area contributed by atoms with Gasteiger partial charge >= 0.3 is 5.97 Å². The Kier molecular flexibility index (Phi) is 2.12. The average molecular weight is 181 g/mol. The quantitative estimate of drug-likeness (QED) is 0.504. The predicted molar refractivity (Wildman–Crippen MR) is 48.8 cm³/mol. The Hall–Kier alpha value is -0.830. The van der Waals surface area contributed by atoms with Crippen molar-refractivity contribution in [3.63, 3.8) is 0 Å². The molecule has 0 aliphatic heterocycles. The van der Waals surface area contributed by atoms with Crippen molar-refractivity contribution in [2.45, 2.75) is 19.4 Å². The van der Waals surface area contributed by atoms with Crippen LogP contribution in [0.1, 0.15) is 13.3 Å². The molecule has 0 heterocycles. The van der Waals surface area contributed by atoms with Gasteiger partial charge in [0.25, 0.3) is 0 Å². The SMILES string of the molecule is CCOC(=O)[C@H]1C2C=CC(C2)[C@@H]1N. The smallest absolute Gasteiger partial charge is 0.311 e. The Bertz CT molecular complexity index is 249. The van der Waals surface area contributed by atoms with E-state index in [0.717, 1.165) is 6.42 Å². The molecule has 2 aliphatic carbocycles. The minimum absolute atomic E-state index is 0.0194. The summed E-state index contributed by atoms with van der Waals surface area (Å²) >= 11 is 0. The van der Waals surface area contributed by atoms with E-state index in [1.807, 2.05) is 6.92 Å². The molecule has 2 rings (SSSR count). The fourth-order valence-corrected chi connectivity index (χ4v) is 2.43. The molecular weight excluding hydrogens is 166 g/mol. The minimum Gasteiger partial charge on any atom is -0.466 e. The summed E-state index contributed by atoms with van der Waals surface area (Å²) in [6.07, 6.45) is 5.27. The zero-order valence-corrected chi connectivity index (χ0v) is 7.77. The van der Waals surface area contributed by atoms with Crippen molar-refractivity contribution >= 4 is 5.97 Å². The van der Waals surface area contributed by atoms with E-state index in [1.54, 1.807) is 0 Å². The fraction of sp³-hybridized carbons (Fsp3) is 0.700. The van der Waals surface area contributed by atoms with Crippen molar-refractivity contribution in [1.82, 2.24) is 0 Å². The maximum absolute atomic E-state index is 11.5. The minimum atomic E-state index is -0.119. The van der Waals surface area contributed by atoms with Gasteiger partial charge in [-0.25, -0.2) is 0 Å². The normalized spacial score (nSPS) is 41.1. The van der Waals surface area contributed by atoms with Crippen LogP contribution >= 0.6 is 0 Å². The number of hydrogen-bond acceptors (Lipinski definition) is 3. The molecule has 2 aliphatic rings. The summed E-state index contributed by atoms with van der Waals surface area (Å²) in [5.74, 6) is 0.528. The first-order chi connectivity index (χ1) is 6.24. The van der Waals surface area contributed by atoms with Crippen molar-refractivity contribution in [3.05, 3.63) is 12.2 Å². The molecule has 0 saturated heterocycles. The number of carbonyl (C=O) groups is 1. The highest BCUT2D eigenvalue weighted by atomic mass is 16.5. The second kappa shape index (κ2) is 3.14. The molecule has 2 unspecified atom stereocenters. The molecule has 1 fully saturated rings. The second-order valence-electron chi connectivity index (χ2n) is 3.80. The Morgan fingerprint density at radius 2 is 2.23 bits per heavy atom. The van der Waals surface area contributed by atoms with E-state index in [4.69, 9.17) is 10.5 Å². The van der Waals surface area contributed by atoms with Crippen molar-refractivity contribution < 1.29 is 9.53 Å². The molecular formula is C10H15NO2. The van der Waals surface area contributed by atoms with E-state index < -0.39 is 0 Å². The Morgan fingerprint density at radius 1 is 1.54 bits per heavy atom. The van der Waals surface area contributed by atoms with Crippen LogP contribution in [0.15, 0.2) is 12.2 Å². The lowest BCUT2D eigenvalue weighted by Crippen LogP contribution is -2.39. The molecule has 1 saturated carbocycles. The highest BCUT2D eigenvalue weighted by Gasteiger charge is 2.46. The van der Waals surface area contributed by atoms with Gasteiger partial charge in [0.15, 0.2) is 0 Å². The summed E-state index contributed by atoms with van der Waals surface area (Å²) in [6.45, 7) is 2.27. The molecule has 0 aromatic rings. The van der Waals surface area contributed by atoms with Crippen molar-refractivity contribution in [1.29, 1.82) is 0 Å². The highest BCUT2D eigenvalue weighted by Crippen LogP contribution is 2.43. The Labute approximate surface area is 77.9 Å². The number of esters is 1. The van der Waals surface area contributed by atoms with Crippen LogP contribution < -0.4 is 5.73 Å². The predicted octanol–water partition coefficient (Wildman–Crippen LogP) is 0.699. The average Bonchev–Trinajstić information content (AvgIpc) is 2.63. The van der Waals surface area contributed by atoms with Crippen molar-refractivity contribution in [3.8, 4) is 0 Å². The van der Waals surface area contributed by atoms with Crippen LogP contribution in [0.25, 0.3) is 0 Å². The number of hydrogen-bond donors (Lipinski definition) is 1. The number of nitrogens with two attached hydrogens (primary N) is 1. The van der Waals surface area contributed by atoms with E-state index in [2.05, 4.69) is 12.2 Å². The van der Waals surface area contributed by atoms with E-state index >= 15 is 0 Å². The monoisotopic (exact) mass is 181 g/mol. The van der Waals surface area contributed by atoms with Crippen LogP contribution in [-0.2, 0) is 9.53 Å². The van der Waals surface area contributed by atoms with Crippen molar-refractivity contribution in [2.75, 3.05) is 6.61 Å². The first kappa shape index (κ1) is 8.75. The standard InChI is InChI=1S/C10H15NO2/c1-2-13-10(12)8-6-3-4-7(5-6)9(8)11/h3-4,6-9H,2,5,11H2,1H3/t6?,7?,8-,9-/m0/s1. The van der Waals surface area contributed by atoms with Crippen LogP contribution in [0.3, 0.4) is 0 Å². The molecule has 72 valence electrons. The Balaban J connectivity index is 2.08. The van der Waals surface area contributed by atoms with Gasteiger partial charge in [-0.2, -0.15) is 0 Å². The van der Waals surface area contributed by atoms with E-state index in [9.17, 15) is 4.79 Å². The first-order valence-electron chi connectivity index (χ1n) is 4.84. The van der Waals surface area contributed by atoms with Crippen molar-refractivity contribution in [2.24, 2.45) is 23.5 Å². The van der Waals surface area contributed by atoms with E-state index in [1.165, 1.54) is 0 Å². The third kappa shape index (κ3) is 1.27. The van der Waals surface area contributed by atoms with Gasteiger partial charge in [-0.1, -0.05) is 12.2 Å². The summed E-state index contributed by atoms with van der Waals surface area (Å²) in [5.41, 5.74) is 5.94. The van der Waals surface area contributed by atoms with Crippen LogP contribution in [-0.4, -0.2) is 18.6 Å². The lowest BCUT2D eigenvalue weighted by molar-refractivity contribution is -0.149. The third-order valence-corrected chi connectivity index (χ3v) is 3.08. The molecule has 0 aromatic heterocycles. The zero-order valence-electron chi connectivity index (χ0n) is 7.77. The number of rotatable bonds is 2. The molecule has 2 bridgehead atoms. The summed E-state index contributed by atoms with van der Waals surface area (Å²) in [4.78, 5) is 11.5. The van der Waals surface area contributed by atoms with Gasteiger partial charge in [0.1, 0.15) is 0 Å². The van der Waals surface area contributed by atoms with E-state index in [0.29, 0.717) is 18.4 Å². The van der Waals surface area contributed by atoms with E-state index in [-0.39, 0.29) is 17.9 Å². The molecule has 13 heavy (non-hydrogen) atoms. The second-order valence-corrected chi connectivity index (χ2v) is 3.80. The van der Waals surface area contributed by atoms with Gasteiger partial charge in [0.05, 0.1) is 12.5 Å². The number of allylic oxidation sites excluding steroid dienone is 1. The van der Waals surface area contributed by atoms with Gasteiger partial charge in [0, 0.05) is 6.04 Å². The summed E-state index contributed by atoms with van der Waals surface area (Å²) < 4.78 is 5.00. The van der Waals surface area contributed by atoms with Crippen LogP contribution in [0.2, 0.25) is 0 Å².